The van der Waals surface area contributed by atoms with Gasteiger partial charge in [-0.25, -0.2) is 4.39 Å². The van der Waals surface area contributed by atoms with Crippen LogP contribution in [-0.2, 0) is 4.74 Å². The van der Waals surface area contributed by atoms with Crippen LogP contribution in [0.2, 0.25) is 0 Å². The standard InChI is InChI=1S/C19H17FN2O3/c20-14-5-3-6-15(10-14)25-18-12-24-9-8-17(18)22-19(23)16-7-2-1-4-13(16)11-21/h1-7,10,17-18H,8-9,12H2,(H,22,23)/t17-,18-/m1/s1. The number of nitrogens with zero attached hydrogens (tertiary/aromatic N) is 1. The molecule has 1 heterocycles. The fraction of sp³-hybridized carbons (Fsp3) is 0.263. The summed E-state index contributed by atoms with van der Waals surface area (Å²) in [5.74, 6) is -0.346. The van der Waals surface area contributed by atoms with Crippen LogP contribution in [0.25, 0.3) is 0 Å². The second kappa shape index (κ2) is 7.77. The van der Waals surface area contributed by atoms with Gasteiger partial charge >= 0.3 is 0 Å². The first-order chi connectivity index (χ1) is 12.2. The maximum absolute atomic E-state index is 13.3. The molecule has 0 unspecified atom stereocenters. The molecule has 0 bridgehead atoms. The first kappa shape index (κ1) is 16.9. The Bertz CT molecular complexity index is 803. The molecule has 1 N–H and O–H groups in total. The lowest BCUT2D eigenvalue weighted by Crippen LogP contribution is -2.51. The third kappa shape index (κ3) is 4.14. The van der Waals surface area contributed by atoms with Crippen molar-refractivity contribution in [2.24, 2.45) is 0 Å². The summed E-state index contributed by atoms with van der Waals surface area (Å²) in [5, 5.41) is 12.0. The molecule has 1 amide bonds. The second-order valence-electron chi connectivity index (χ2n) is 5.71. The predicted molar refractivity (Wildman–Crippen MR) is 88.7 cm³/mol. The van der Waals surface area contributed by atoms with Gasteiger partial charge in [0.2, 0.25) is 0 Å². The molecule has 0 spiro atoms. The number of rotatable bonds is 4. The smallest absolute Gasteiger partial charge is 0.252 e. The summed E-state index contributed by atoms with van der Waals surface area (Å²) in [6.07, 6.45) is 0.134. The number of benzene rings is 2. The van der Waals surface area contributed by atoms with Gasteiger partial charge in [0.25, 0.3) is 5.91 Å². The highest BCUT2D eigenvalue weighted by Gasteiger charge is 2.29. The van der Waals surface area contributed by atoms with E-state index in [4.69, 9.17) is 14.7 Å². The fourth-order valence-corrected chi connectivity index (χ4v) is 2.73. The lowest BCUT2D eigenvalue weighted by molar-refractivity contribution is -0.0136. The van der Waals surface area contributed by atoms with Crippen LogP contribution in [0.5, 0.6) is 5.75 Å². The first-order valence-electron chi connectivity index (χ1n) is 7.97. The summed E-state index contributed by atoms with van der Waals surface area (Å²) in [5.41, 5.74) is 0.635. The van der Waals surface area contributed by atoms with Gasteiger partial charge < -0.3 is 14.8 Å². The molecule has 0 aromatic heterocycles. The molecule has 128 valence electrons. The van der Waals surface area contributed by atoms with Gasteiger partial charge in [-0.05, 0) is 30.7 Å². The predicted octanol–water partition coefficient (Wildman–Crippen LogP) is 2.66. The number of ether oxygens (including phenoxy) is 2. The van der Waals surface area contributed by atoms with E-state index in [-0.39, 0.29) is 11.9 Å². The van der Waals surface area contributed by atoms with Crippen LogP contribution in [-0.4, -0.2) is 31.3 Å². The van der Waals surface area contributed by atoms with Crippen LogP contribution in [0.4, 0.5) is 4.39 Å². The third-order valence-electron chi connectivity index (χ3n) is 4.00. The van der Waals surface area contributed by atoms with Gasteiger partial charge in [0.1, 0.15) is 17.7 Å². The zero-order valence-corrected chi connectivity index (χ0v) is 13.4. The molecule has 1 fully saturated rings. The van der Waals surface area contributed by atoms with Crippen molar-refractivity contribution < 1.29 is 18.7 Å². The molecule has 1 aliphatic rings. The Morgan fingerprint density at radius 3 is 2.92 bits per heavy atom. The largest absolute Gasteiger partial charge is 0.486 e. The van der Waals surface area contributed by atoms with Gasteiger partial charge in [-0.1, -0.05) is 18.2 Å². The second-order valence-corrected chi connectivity index (χ2v) is 5.71. The molecule has 2 aromatic carbocycles. The van der Waals surface area contributed by atoms with E-state index in [0.29, 0.717) is 36.5 Å². The normalized spacial score (nSPS) is 19.7. The van der Waals surface area contributed by atoms with E-state index in [1.807, 2.05) is 6.07 Å². The average Bonchev–Trinajstić information content (AvgIpc) is 2.63. The van der Waals surface area contributed by atoms with Gasteiger partial charge in [-0.3, -0.25) is 4.79 Å². The van der Waals surface area contributed by atoms with Crippen molar-refractivity contribution in [1.82, 2.24) is 5.32 Å². The Morgan fingerprint density at radius 2 is 2.12 bits per heavy atom. The summed E-state index contributed by atoms with van der Waals surface area (Å²) in [7, 11) is 0. The van der Waals surface area contributed by atoms with Crippen LogP contribution in [0.3, 0.4) is 0 Å². The highest BCUT2D eigenvalue weighted by molar-refractivity contribution is 5.96. The molecular weight excluding hydrogens is 323 g/mol. The number of carbonyl (C=O) groups is 1. The van der Waals surface area contributed by atoms with E-state index < -0.39 is 11.9 Å². The monoisotopic (exact) mass is 340 g/mol. The molecule has 5 nitrogen and oxygen atoms in total. The number of nitriles is 1. The van der Waals surface area contributed by atoms with Gasteiger partial charge in [0.15, 0.2) is 0 Å². The van der Waals surface area contributed by atoms with E-state index >= 15 is 0 Å². The molecule has 3 rings (SSSR count). The minimum Gasteiger partial charge on any atom is -0.486 e. The Labute approximate surface area is 145 Å². The van der Waals surface area contributed by atoms with Crippen LogP contribution < -0.4 is 10.1 Å². The Kier molecular flexibility index (Phi) is 5.26. The summed E-state index contributed by atoms with van der Waals surface area (Å²) in [4.78, 5) is 12.5. The van der Waals surface area contributed by atoms with Gasteiger partial charge in [-0.15, -0.1) is 0 Å². The summed E-state index contributed by atoms with van der Waals surface area (Å²) >= 11 is 0. The fourth-order valence-electron chi connectivity index (χ4n) is 2.73. The van der Waals surface area contributed by atoms with Gasteiger partial charge in [0.05, 0.1) is 29.8 Å². The SMILES string of the molecule is N#Cc1ccccc1C(=O)N[C@@H]1CCOC[C@H]1Oc1cccc(F)c1. The van der Waals surface area contributed by atoms with E-state index in [1.165, 1.54) is 12.1 Å². The number of halogens is 1. The highest BCUT2D eigenvalue weighted by atomic mass is 19.1. The number of amides is 1. The molecule has 0 aliphatic carbocycles. The highest BCUT2D eigenvalue weighted by Crippen LogP contribution is 2.19. The molecule has 2 atom stereocenters. The van der Waals surface area contributed by atoms with E-state index in [2.05, 4.69) is 5.32 Å². The molecule has 0 radical (unpaired) electrons. The maximum Gasteiger partial charge on any atom is 0.252 e. The zero-order valence-electron chi connectivity index (χ0n) is 13.4. The van der Waals surface area contributed by atoms with E-state index in [1.54, 1.807) is 36.4 Å². The van der Waals surface area contributed by atoms with Crippen molar-refractivity contribution in [3.8, 4) is 11.8 Å². The molecule has 2 aromatic rings. The van der Waals surface area contributed by atoms with Crippen LogP contribution in [0, 0.1) is 17.1 Å². The lowest BCUT2D eigenvalue weighted by Gasteiger charge is -2.32. The quantitative estimate of drug-likeness (QED) is 0.929. The Morgan fingerprint density at radius 1 is 1.28 bits per heavy atom. The van der Waals surface area contributed by atoms with Gasteiger partial charge in [0, 0.05) is 12.7 Å². The van der Waals surface area contributed by atoms with Crippen molar-refractivity contribution in [1.29, 1.82) is 5.26 Å². The molecule has 25 heavy (non-hydrogen) atoms. The van der Waals surface area contributed by atoms with Crippen molar-refractivity contribution in [2.75, 3.05) is 13.2 Å². The summed E-state index contributed by atoms with van der Waals surface area (Å²) < 4.78 is 24.5. The lowest BCUT2D eigenvalue weighted by atomic mass is 10.0. The molecule has 1 saturated heterocycles. The Hall–Kier alpha value is -2.91. The summed E-state index contributed by atoms with van der Waals surface area (Å²) in [6.45, 7) is 0.787. The van der Waals surface area contributed by atoms with Crippen LogP contribution >= 0.6 is 0 Å². The van der Waals surface area contributed by atoms with Crippen molar-refractivity contribution in [3.63, 3.8) is 0 Å². The third-order valence-corrected chi connectivity index (χ3v) is 4.00. The first-order valence-corrected chi connectivity index (χ1v) is 7.97. The van der Waals surface area contributed by atoms with Crippen molar-refractivity contribution in [3.05, 3.63) is 65.5 Å². The van der Waals surface area contributed by atoms with Gasteiger partial charge in [-0.2, -0.15) is 5.26 Å². The number of carbonyl (C=O) groups excluding carboxylic acids is 1. The van der Waals surface area contributed by atoms with E-state index in [0.717, 1.165) is 0 Å². The molecule has 6 heteroatoms. The minimum absolute atomic E-state index is 0.293. The molecule has 0 saturated carbocycles. The summed E-state index contributed by atoms with van der Waals surface area (Å²) in [6, 6.07) is 14.2. The average molecular weight is 340 g/mol. The number of hydrogen-bond acceptors (Lipinski definition) is 4. The van der Waals surface area contributed by atoms with Crippen LogP contribution in [0.1, 0.15) is 22.3 Å². The molecular formula is C19H17FN2O3. The van der Waals surface area contributed by atoms with E-state index in [9.17, 15) is 9.18 Å². The van der Waals surface area contributed by atoms with Crippen LogP contribution in [0.15, 0.2) is 48.5 Å². The zero-order chi connectivity index (χ0) is 17.6. The van der Waals surface area contributed by atoms with Crippen molar-refractivity contribution >= 4 is 5.91 Å². The topological polar surface area (TPSA) is 71.4 Å². The molecule has 1 aliphatic heterocycles. The maximum atomic E-state index is 13.3. The number of nitrogens with one attached hydrogen (secondary N) is 1. The minimum atomic E-state index is -0.436. The van der Waals surface area contributed by atoms with Crippen molar-refractivity contribution in [2.45, 2.75) is 18.6 Å². The Balaban J connectivity index is 1.73. The number of hydrogen-bond donors (Lipinski definition) is 1.